The number of fused-ring (bicyclic) bond motifs is 1. The van der Waals surface area contributed by atoms with Gasteiger partial charge in [0.1, 0.15) is 5.69 Å². The average molecular weight is 345 g/mol. The number of rotatable bonds is 2. The second kappa shape index (κ2) is 5.62. The molecule has 9 heteroatoms. The molecule has 0 radical (unpaired) electrons. The molecule has 0 saturated carbocycles. The number of carbonyl (C=O) groups excluding carboxylic acids is 1. The first-order chi connectivity index (χ1) is 10.8. The van der Waals surface area contributed by atoms with Crippen molar-refractivity contribution in [3.05, 3.63) is 46.7 Å². The standard InChI is InChI=1S/C14H8ClF3N2O3/c15-8-3-10-11(23-6-22-10)4-9(8)20-13(21)7-1-2-12(19-5-7)14(16,17)18/h1-5H,6H2,(H,20,21). The van der Waals surface area contributed by atoms with Gasteiger partial charge < -0.3 is 14.8 Å². The molecular formula is C14H8ClF3N2O3. The van der Waals surface area contributed by atoms with Gasteiger partial charge >= 0.3 is 6.18 Å². The number of nitrogens with zero attached hydrogens (tertiary/aromatic N) is 1. The molecule has 1 N–H and O–H groups in total. The number of ether oxygens (including phenoxy) is 2. The number of alkyl halides is 3. The second-order valence-corrected chi connectivity index (χ2v) is 4.98. The molecule has 1 aliphatic heterocycles. The molecule has 120 valence electrons. The maximum atomic E-state index is 12.4. The van der Waals surface area contributed by atoms with E-state index in [2.05, 4.69) is 10.3 Å². The van der Waals surface area contributed by atoms with E-state index in [1.165, 1.54) is 12.1 Å². The van der Waals surface area contributed by atoms with E-state index in [0.717, 1.165) is 18.3 Å². The minimum atomic E-state index is -4.56. The monoisotopic (exact) mass is 344 g/mol. The zero-order valence-corrected chi connectivity index (χ0v) is 12.0. The van der Waals surface area contributed by atoms with Crippen LogP contribution in [0.4, 0.5) is 18.9 Å². The lowest BCUT2D eigenvalue weighted by Crippen LogP contribution is -2.14. The quantitative estimate of drug-likeness (QED) is 0.901. The molecule has 5 nitrogen and oxygen atoms in total. The largest absolute Gasteiger partial charge is 0.454 e. The molecule has 0 unspecified atom stereocenters. The van der Waals surface area contributed by atoms with Gasteiger partial charge in [-0.1, -0.05) is 11.6 Å². The van der Waals surface area contributed by atoms with Crippen LogP contribution in [0.25, 0.3) is 0 Å². The molecule has 2 heterocycles. The molecule has 23 heavy (non-hydrogen) atoms. The second-order valence-electron chi connectivity index (χ2n) is 4.57. The fourth-order valence-corrected chi connectivity index (χ4v) is 2.10. The van der Waals surface area contributed by atoms with E-state index in [4.69, 9.17) is 21.1 Å². The van der Waals surface area contributed by atoms with E-state index in [1.807, 2.05) is 0 Å². The summed E-state index contributed by atoms with van der Waals surface area (Å²) in [4.78, 5) is 15.3. The van der Waals surface area contributed by atoms with Gasteiger partial charge in [-0.25, -0.2) is 0 Å². The predicted molar refractivity (Wildman–Crippen MR) is 74.8 cm³/mol. The summed E-state index contributed by atoms with van der Waals surface area (Å²) in [7, 11) is 0. The zero-order valence-electron chi connectivity index (χ0n) is 11.3. The SMILES string of the molecule is O=C(Nc1cc2c(cc1Cl)OCO2)c1ccc(C(F)(F)F)nc1. The summed E-state index contributed by atoms with van der Waals surface area (Å²) in [5.74, 6) is 0.214. The molecule has 3 rings (SSSR count). The minimum Gasteiger partial charge on any atom is -0.454 e. The topological polar surface area (TPSA) is 60.5 Å². The molecule has 2 aromatic rings. The summed E-state index contributed by atoms with van der Waals surface area (Å²) in [6, 6.07) is 4.72. The number of nitrogens with one attached hydrogen (secondary N) is 1. The number of carbonyl (C=O) groups is 1. The molecule has 1 aliphatic rings. The van der Waals surface area contributed by atoms with Crippen LogP contribution in [0.2, 0.25) is 5.02 Å². The number of anilines is 1. The van der Waals surface area contributed by atoms with E-state index in [1.54, 1.807) is 0 Å². The van der Waals surface area contributed by atoms with Gasteiger partial charge in [-0.15, -0.1) is 0 Å². The van der Waals surface area contributed by atoms with Crippen LogP contribution in [0, 0.1) is 0 Å². The molecule has 1 aromatic heterocycles. The smallest absolute Gasteiger partial charge is 0.433 e. The highest BCUT2D eigenvalue weighted by molar-refractivity contribution is 6.34. The molecular weight excluding hydrogens is 337 g/mol. The van der Waals surface area contributed by atoms with E-state index in [0.29, 0.717) is 11.5 Å². The summed E-state index contributed by atoms with van der Waals surface area (Å²) in [5, 5.41) is 2.70. The van der Waals surface area contributed by atoms with Crippen molar-refractivity contribution in [2.75, 3.05) is 12.1 Å². The van der Waals surface area contributed by atoms with E-state index in [9.17, 15) is 18.0 Å². The fraction of sp³-hybridized carbons (Fsp3) is 0.143. The Morgan fingerprint density at radius 1 is 1.22 bits per heavy atom. The summed E-state index contributed by atoms with van der Waals surface area (Å²) in [5.41, 5.74) is -0.859. The Balaban J connectivity index is 1.79. The molecule has 1 amide bonds. The summed E-state index contributed by atoms with van der Waals surface area (Å²) < 4.78 is 47.6. The van der Waals surface area contributed by atoms with Crippen LogP contribution in [-0.4, -0.2) is 17.7 Å². The van der Waals surface area contributed by atoms with Crippen LogP contribution in [0.1, 0.15) is 16.1 Å². The third-order valence-corrected chi connectivity index (χ3v) is 3.34. The average Bonchev–Trinajstić information content (AvgIpc) is 2.94. The van der Waals surface area contributed by atoms with Crippen molar-refractivity contribution in [2.24, 2.45) is 0 Å². The normalized spacial score (nSPS) is 13.0. The van der Waals surface area contributed by atoms with Crippen LogP contribution in [0.15, 0.2) is 30.5 Å². The Hall–Kier alpha value is -2.48. The van der Waals surface area contributed by atoms with Crippen molar-refractivity contribution in [3.63, 3.8) is 0 Å². The van der Waals surface area contributed by atoms with Crippen molar-refractivity contribution in [2.45, 2.75) is 6.18 Å². The van der Waals surface area contributed by atoms with E-state index >= 15 is 0 Å². The summed E-state index contributed by atoms with van der Waals surface area (Å²) >= 11 is 6.01. The highest BCUT2D eigenvalue weighted by atomic mass is 35.5. The first-order valence-electron chi connectivity index (χ1n) is 6.28. The van der Waals surface area contributed by atoms with Crippen LogP contribution in [0.5, 0.6) is 11.5 Å². The highest BCUT2D eigenvalue weighted by Crippen LogP contribution is 2.39. The number of hydrogen-bond acceptors (Lipinski definition) is 4. The van der Waals surface area contributed by atoms with Crippen LogP contribution in [-0.2, 0) is 6.18 Å². The lowest BCUT2D eigenvalue weighted by Gasteiger charge is -2.09. The van der Waals surface area contributed by atoms with Gasteiger partial charge in [0, 0.05) is 18.3 Å². The van der Waals surface area contributed by atoms with E-state index < -0.39 is 17.8 Å². The van der Waals surface area contributed by atoms with Gasteiger partial charge in [0.05, 0.1) is 16.3 Å². The Labute approximate surface area is 133 Å². The molecule has 0 aliphatic carbocycles. The predicted octanol–water partition coefficient (Wildman–Crippen LogP) is 3.73. The minimum absolute atomic E-state index is 0.0354. The number of amides is 1. The third-order valence-electron chi connectivity index (χ3n) is 3.03. The Kier molecular flexibility index (Phi) is 3.77. The van der Waals surface area contributed by atoms with Gasteiger partial charge in [-0.05, 0) is 12.1 Å². The Morgan fingerprint density at radius 2 is 1.91 bits per heavy atom. The molecule has 0 atom stereocenters. The van der Waals surface area contributed by atoms with Crippen molar-refractivity contribution < 1.29 is 27.4 Å². The molecule has 0 fully saturated rings. The third kappa shape index (κ3) is 3.16. The number of benzene rings is 1. The van der Waals surface area contributed by atoms with E-state index in [-0.39, 0.29) is 23.1 Å². The van der Waals surface area contributed by atoms with Gasteiger partial charge in [0.2, 0.25) is 6.79 Å². The number of pyridine rings is 1. The van der Waals surface area contributed by atoms with Crippen molar-refractivity contribution >= 4 is 23.2 Å². The first kappa shape index (κ1) is 15.4. The van der Waals surface area contributed by atoms with Gasteiger partial charge in [0.15, 0.2) is 11.5 Å². The van der Waals surface area contributed by atoms with Gasteiger partial charge in [-0.2, -0.15) is 13.2 Å². The van der Waals surface area contributed by atoms with Crippen LogP contribution < -0.4 is 14.8 Å². The maximum absolute atomic E-state index is 12.4. The number of hydrogen-bond donors (Lipinski definition) is 1. The molecule has 0 saturated heterocycles. The maximum Gasteiger partial charge on any atom is 0.433 e. The summed E-state index contributed by atoms with van der Waals surface area (Å²) in [6.07, 6.45) is -3.71. The molecule has 0 bridgehead atoms. The van der Waals surface area contributed by atoms with Crippen molar-refractivity contribution in [1.29, 1.82) is 0 Å². The zero-order chi connectivity index (χ0) is 16.6. The Morgan fingerprint density at radius 3 is 2.52 bits per heavy atom. The molecule has 0 spiro atoms. The summed E-state index contributed by atoms with van der Waals surface area (Å²) in [6.45, 7) is 0.0475. The van der Waals surface area contributed by atoms with Crippen molar-refractivity contribution in [3.8, 4) is 11.5 Å². The number of halogens is 4. The first-order valence-corrected chi connectivity index (χ1v) is 6.66. The lowest BCUT2D eigenvalue weighted by atomic mass is 10.2. The van der Waals surface area contributed by atoms with Crippen LogP contribution in [0.3, 0.4) is 0 Å². The lowest BCUT2D eigenvalue weighted by molar-refractivity contribution is -0.141. The van der Waals surface area contributed by atoms with Crippen LogP contribution >= 0.6 is 11.6 Å². The fourth-order valence-electron chi connectivity index (χ4n) is 1.90. The van der Waals surface area contributed by atoms with Gasteiger partial charge in [0.25, 0.3) is 5.91 Å². The van der Waals surface area contributed by atoms with Gasteiger partial charge in [-0.3, -0.25) is 9.78 Å². The molecule has 1 aromatic carbocycles. The Bertz CT molecular complexity index is 763. The highest BCUT2D eigenvalue weighted by Gasteiger charge is 2.32. The van der Waals surface area contributed by atoms with Crippen molar-refractivity contribution in [1.82, 2.24) is 4.98 Å². The number of aromatic nitrogens is 1.